The van der Waals surface area contributed by atoms with Gasteiger partial charge in [-0.3, -0.25) is 4.79 Å². The smallest absolute Gasteiger partial charge is 0.315 e. The second-order valence-electron chi connectivity index (χ2n) is 4.66. The first kappa shape index (κ1) is 11.1. The van der Waals surface area contributed by atoms with Gasteiger partial charge < -0.3 is 4.90 Å². The maximum absolute atomic E-state index is 12.6. The highest BCUT2D eigenvalue weighted by Gasteiger charge is 2.43. The van der Waals surface area contributed by atoms with E-state index in [2.05, 4.69) is 0 Å². The Hall–Kier alpha value is -0.970. The van der Waals surface area contributed by atoms with Crippen LogP contribution in [0.1, 0.15) is 29.3 Å². The lowest BCUT2D eigenvalue weighted by molar-refractivity contribution is -0.146. The van der Waals surface area contributed by atoms with E-state index < -0.39 is 12.3 Å². The Kier molecular flexibility index (Phi) is 2.65. The van der Waals surface area contributed by atoms with Crippen molar-refractivity contribution in [1.82, 2.24) is 4.90 Å². The number of rotatable bonds is 2. The third kappa shape index (κ3) is 1.86. The lowest BCUT2D eigenvalue weighted by Crippen LogP contribution is -2.43. The van der Waals surface area contributed by atoms with E-state index in [4.69, 9.17) is 0 Å². The van der Waals surface area contributed by atoms with E-state index in [0.717, 1.165) is 18.4 Å². The van der Waals surface area contributed by atoms with Gasteiger partial charge in [-0.2, -0.15) is 8.78 Å². The molecule has 2 heterocycles. The zero-order chi connectivity index (χ0) is 12.0. The highest BCUT2D eigenvalue weighted by atomic mass is 32.1. The molecular weight excluding hydrogens is 244 g/mol. The Morgan fingerprint density at radius 1 is 1.47 bits per heavy atom. The zero-order valence-electron chi connectivity index (χ0n) is 9.23. The van der Waals surface area contributed by atoms with Crippen LogP contribution in [0.5, 0.6) is 0 Å². The van der Waals surface area contributed by atoms with Gasteiger partial charge in [0.2, 0.25) is 0 Å². The molecule has 0 aromatic carbocycles. The van der Waals surface area contributed by atoms with E-state index in [0.29, 0.717) is 18.9 Å². The molecule has 1 unspecified atom stereocenters. The molecule has 0 spiro atoms. The molecule has 1 aromatic rings. The lowest BCUT2D eigenvalue weighted by atomic mass is 9.96. The first-order valence-corrected chi connectivity index (χ1v) is 6.71. The second-order valence-corrected chi connectivity index (χ2v) is 5.66. The van der Waals surface area contributed by atoms with Crippen molar-refractivity contribution in [2.75, 3.05) is 6.54 Å². The molecule has 92 valence electrons. The van der Waals surface area contributed by atoms with Crippen LogP contribution in [0.25, 0.3) is 0 Å². The lowest BCUT2D eigenvalue weighted by Gasteiger charge is -2.36. The maximum Gasteiger partial charge on any atom is 0.315 e. The number of thiophene rings is 1. The molecule has 2 aliphatic rings. The molecule has 0 saturated heterocycles. The normalized spacial score (nSPS) is 23.9. The van der Waals surface area contributed by atoms with Crippen LogP contribution >= 0.6 is 11.3 Å². The van der Waals surface area contributed by atoms with Crippen LogP contribution < -0.4 is 0 Å². The van der Waals surface area contributed by atoms with Gasteiger partial charge in [0.05, 0.1) is 6.04 Å². The highest BCUT2D eigenvalue weighted by Crippen LogP contribution is 2.48. The molecule has 2 nitrogen and oxygen atoms in total. The Labute approximate surface area is 102 Å². The van der Waals surface area contributed by atoms with E-state index >= 15 is 0 Å². The third-order valence-electron chi connectivity index (χ3n) is 3.55. The quantitative estimate of drug-likeness (QED) is 0.797. The Balaban J connectivity index is 1.93. The maximum atomic E-state index is 12.6. The van der Waals surface area contributed by atoms with Crippen molar-refractivity contribution < 1.29 is 13.6 Å². The zero-order valence-corrected chi connectivity index (χ0v) is 10.1. The van der Waals surface area contributed by atoms with E-state index in [-0.39, 0.29) is 6.04 Å². The summed E-state index contributed by atoms with van der Waals surface area (Å²) in [6, 6.07) is 1.90. The molecule has 1 saturated carbocycles. The highest BCUT2D eigenvalue weighted by molar-refractivity contribution is 7.10. The van der Waals surface area contributed by atoms with Crippen LogP contribution in [-0.2, 0) is 11.2 Å². The van der Waals surface area contributed by atoms with E-state index in [1.54, 1.807) is 11.3 Å². The fourth-order valence-corrected chi connectivity index (χ4v) is 3.55. The number of alkyl halides is 2. The Morgan fingerprint density at radius 3 is 2.88 bits per heavy atom. The first-order chi connectivity index (χ1) is 8.18. The fraction of sp³-hybridized carbons (Fsp3) is 0.583. The van der Waals surface area contributed by atoms with Crippen molar-refractivity contribution in [2.45, 2.75) is 31.7 Å². The molecule has 5 heteroatoms. The predicted molar refractivity (Wildman–Crippen MR) is 61.2 cm³/mol. The Bertz CT molecular complexity index is 441. The van der Waals surface area contributed by atoms with Crippen LogP contribution in [0.3, 0.4) is 0 Å². The predicted octanol–water partition coefficient (Wildman–Crippen LogP) is 2.85. The summed E-state index contributed by atoms with van der Waals surface area (Å²) in [7, 11) is 0. The van der Waals surface area contributed by atoms with Crippen LogP contribution in [0.2, 0.25) is 0 Å². The SMILES string of the molecule is O=C(C(F)F)N1CCc2sccc2C1C1CC1. The van der Waals surface area contributed by atoms with E-state index in [1.807, 2.05) is 11.4 Å². The minimum Gasteiger partial charge on any atom is -0.330 e. The summed E-state index contributed by atoms with van der Waals surface area (Å²) in [5.41, 5.74) is 1.11. The minimum absolute atomic E-state index is 0.0912. The summed E-state index contributed by atoms with van der Waals surface area (Å²) >= 11 is 1.67. The number of carbonyl (C=O) groups excluding carboxylic acids is 1. The molecule has 0 N–H and O–H groups in total. The standard InChI is InChI=1S/C12H13F2NOS/c13-11(14)12(16)15-5-3-9-8(4-6-17-9)10(15)7-1-2-7/h4,6-7,10-11H,1-3,5H2. The number of carbonyl (C=O) groups is 1. The van der Waals surface area contributed by atoms with Crippen molar-refractivity contribution in [1.29, 1.82) is 0 Å². The van der Waals surface area contributed by atoms with E-state index in [1.165, 1.54) is 9.78 Å². The molecule has 1 fully saturated rings. The number of halogens is 2. The van der Waals surface area contributed by atoms with Crippen molar-refractivity contribution in [3.8, 4) is 0 Å². The number of nitrogens with zero attached hydrogens (tertiary/aromatic N) is 1. The van der Waals surface area contributed by atoms with Gasteiger partial charge in [0, 0.05) is 11.4 Å². The number of fused-ring (bicyclic) bond motifs is 1. The second kappa shape index (κ2) is 4.05. The Morgan fingerprint density at radius 2 is 2.24 bits per heavy atom. The monoisotopic (exact) mass is 257 g/mol. The van der Waals surface area contributed by atoms with Gasteiger partial charge in [-0.1, -0.05) is 0 Å². The molecule has 1 aliphatic heterocycles. The average Bonchev–Trinajstić information content (AvgIpc) is 3.03. The number of hydrogen-bond acceptors (Lipinski definition) is 2. The number of amides is 1. The van der Waals surface area contributed by atoms with Gasteiger partial charge in [0.25, 0.3) is 5.91 Å². The summed E-state index contributed by atoms with van der Waals surface area (Å²) in [5, 5.41) is 2.00. The molecule has 1 atom stereocenters. The molecule has 0 bridgehead atoms. The van der Waals surface area contributed by atoms with Gasteiger partial charge >= 0.3 is 6.43 Å². The fourth-order valence-electron chi connectivity index (χ4n) is 2.64. The van der Waals surface area contributed by atoms with Crippen molar-refractivity contribution in [3.05, 3.63) is 21.9 Å². The van der Waals surface area contributed by atoms with Crippen LogP contribution in [-0.4, -0.2) is 23.8 Å². The van der Waals surface area contributed by atoms with E-state index in [9.17, 15) is 13.6 Å². The van der Waals surface area contributed by atoms with Gasteiger partial charge in [-0.15, -0.1) is 11.3 Å². The molecule has 0 radical (unpaired) electrons. The molecule has 17 heavy (non-hydrogen) atoms. The van der Waals surface area contributed by atoms with Crippen molar-refractivity contribution >= 4 is 17.2 Å². The summed E-state index contributed by atoms with van der Waals surface area (Å²) < 4.78 is 25.2. The van der Waals surface area contributed by atoms with Gasteiger partial charge in [0.15, 0.2) is 0 Å². The summed E-state index contributed by atoms with van der Waals surface area (Å²) in [6.07, 6.45) is -0.0642. The molecule has 1 aromatic heterocycles. The first-order valence-electron chi connectivity index (χ1n) is 5.83. The molecule has 3 rings (SSSR count). The van der Waals surface area contributed by atoms with Crippen molar-refractivity contribution in [3.63, 3.8) is 0 Å². The summed E-state index contributed by atoms with van der Waals surface area (Å²) in [5.74, 6) is -0.606. The third-order valence-corrected chi connectivity index (χ3v) is 4.55. The minimum atomic E-state index is -2.88. The molecule has 1 amide bonds. The van der Waals surface area contributed by atoms with Gasteiger partial charge in [0.1, 0.15) is 0 Å². The van der Waals surface area contributed by atoms with Crippen LogP contribution in [0.4, 0.5) is 8.78 Å². The van der Waals surface area contributed by atoms with Crippen LogP contribution in [0, 0.1) is 5.92 Å². The van der Waals surface area contributed by atoms with Crippen molar-refractivity contribution in [2.24, 2.45) is 5.92 Å². The van der Waals surface area contributed by atoms with Gasteiger partial charge in [-0.05, 0) is 42.2 Å². The molecular formula is C12H13F2NOS. The van der Waals surface area contributed by atoms with Gasteiger partial charge in [-0.25, -0.2) is 0 Å². The average molecular weight is 257 g/mol. The molecule has 1 aliphatic carbocycles. The topological polar surface area (TPSA) is 20.3 Å². The largest absolute Gasteiger partial charge is 0.330 e. The van der Waals surface area contributed by atoms with Crippen LogP contribution in [0.15, 0.2) is 11.4 Å². The summed E-state index contributed by atoms with van der Waals surface area (Å²) in [4.78, 5) is 14.2. The number of hydrogen-bond donors (Lipinski definition) is 0. The summed E-state index contributed by atoms with van der Waals surface area (Å²) in [6.45, 7) is 0.442.